The summed E-state index contributed by atoms with van der Waals surface area (Å²) in [5.74, 6) is -0.885. The number of carboxylic acid groups (broad SMARTS) is 1. The molecule has 92 valence electrons. The second-order valence-corrected chi connectivity index (χ2v) is 5.43. The van der Waals surface area contributed by atoms with Crippen LogP contribution in [-0.4, -0.2) is 17.1 Å². The first kappa shape index (κ1) is 12.9. The summed E-state index contributed by atoms with van der Waals surface area (Å²) in [6.07, 6.45) is 1.69. The van der Waals surface area contributed by atoms with Crippen LogP contribution in [0.3, 0.4) is 0 Å². The molecular formula is C12H13BrClNO2. The van der Waals surface area contributed by atoms with E-state index in [0.717, 1.165) is 22.9 Å². The third kappa shape index (κ3) is 2.34. The van der Waals surface area contributed by atoms with Crippen LogP contribution in [0.25, 0.3) is 0 Å². The van der Waals surface area contributed by atoms with Gasteiger partial charge in [0, 0.05) is 21.1 Å². The highest BCUT2D eigenvalue weighted by Crippen LogP contribution is 2.36. The van der Waals surface area contributed by atoms with Crippen molar-refractivity contribution in [2.24, 2.45) is 0 Å². The third-order valence-corrected chi connectivity index (χ3v) is 4.20. The van der Waals surface area contributed by atoms with Gasteiger partial charge in [0.2, 0.25) is 0 Å². The van der Waals surface area contributed by atoms with Crippen molar-refractivity contribution in [1.82, 2.24) is 5.32 Å². The summed E-state index contributed by atoms with van der Waals surface area (Å²) in [7, 11) is 0. The first-order valence-corrected chi connectivity index (χ1v) is 6.67. The van der Waals surface area contributed by atoms with E-state index in [1.165, 1.54) is 0 Å². The van der Waals surface area contributed by atoms with E-state index >= 15 is 0 Å². The maximum atomic E-state index is 11.3. The second kappa shape index (κ2) is 4.96. The number of carboxylic acids is 1. The van der Waals surface area contributed by atoms with Crippen molar-refractivity contribution in [3.05, 3.63) is 32.8 Å². The molecule has 2 unspecified atom stereocenters. The van der Waals surface area contributed by atoms with Crippen molar-refractivity contribution in [2.45, 2.75) is 31.8 Å². The molecule has 0 saturated heterocycles. The van der Waals surface area contributed by atoms with Crippen molar-refractivity contribution in [3.8, 4) is 0 Å². The maximum Gasteiger partial charge on any atom is 0.325 e. The van der Waals surface area contributed by atoms with Crippen LogP contribution >= 0.6 is 27.5 Å². The van der Waals surface area contributed by atoms with E-state index in [0.29, 0.717) is 10.6 Å². The van der Waals surface area contributed by atoms with Crippen LogP contribution in [0.5, 0.6) is 0 Å². The van der Waals surface area contributed by atoms with E-state index in [9.17, 15) is 9.90 Å². The van der Waals surface area contributed by atoms with Gasteiger partial charge in [-0.25, -0.2) is 0 Å². The predicted molar refractivity (Wildman–Crippen MR) is 70.4 cm³/mol. The van der Waals surface area contributed by atoms with Crippen molar-refractivity contribution >= 4 is 33.5 Å². The number of hydrogen-bond donors (Lipinski definition) is 2. The number of nitrogens with one attached hydrogen (secondary N) is 1. The summed E-state index contributed by atoms with van der Waals surface area (Å²) in [5.41, 5.74) is 1.70. The van der Waals surface area contributed by atoms with Crippen molar-refractivity contribution in [1.29, 1.82) is 0 Å². The standard InChI is InChI=1S/C12H13BrClNO2/c1-2-6-5-7-8(13)3-4-9(14)10(7)11(15-6)12(16)17/h3-4,6,11,15H,2,5H2,1H3,(H,16,17). The van der Waals surface area contributed by atoms with Gasteiger partial charge in [-0.1, -0.05) is 34.5 Å². The van der Waals surface area contributed by atoms with Gasteiger partial charge in [0.05, 0.1) is 0 Å². The molecule has 0 radical (unpaired) electrons. The number of rotatable bonds is 2. The number of benzene rings is 1. The lowest BCUT2D eigenvalue weighted by atomic mass is 9.89. The molecule has 0 aliphatic carbocycles. The molecule has 3 nitrogen and oxygen atoms in total. The Balaban J connectivity index is 2.55. The van der Waals surface area contributed by atoms with Crippen molar-refractivity contribution < 1.29 is 9.90 Å². The number of fused-ring (bicyclic) bond motifs is 1. The molecule has 2 atom stereocenters. The molecule has 0 aromatic heterocycles. The molecule has 1 aliphatic heterocycles. The first-order valence-electron chi connectivity index (χ1n) is 5.50. The normalized spacial score (nSPS) is 23.2. The first-order chi connectivity index (χ1) is 8.04. The van der Waals surface area contributed by atoms with Gasteiger partial charge in [-0.2, -0.15) is 0 Å². The summed E-state index contributed by atoms with van der Waals surface area (Å²) in [5, 5.41) is 12.9. The smallest absolute Gasteiger partial charge is 0.325 e. The molecule has 2 N–H and O–H groups in total. The summed E-state index contributed by atoms with van der Waals surface area (Å²) in [6.45, 7) is 2.04. The average Bonchev–Trinajstić information content (AvgIpc) is 2.32. The zero-order chi connectivity index (χ0) is 12.6. The minimum atomic E-state index is -0.885. The Morgan fingerprint density at radius 3 is 2.94 bits per heavy atom. The van der Waals surface area contributed by atoms with E-state index in [4.69, 9.17) is 11.6 Å². The summed E-state index contributed by atoms with van der Waals surface area (Å²) in [6, 6.07) is 3.07. The summed E-state index contributed by atoms with van der Waals surface area (Å²) < 4.78 is 0.933. The Labute approximate surface area is 113 Å². The van der Waals surface area contributed by atoms with Gasteiger partial charge in [0.1, 0.15) is 6.04 Å². The van der Waals surface area contributed by atoms with Crippen LogP contribution in [0, 0.1) is 0 Å². The van der Waals surface area contributed by atoms with E-state index in [-0.39, 0.29) is 6.04 Å². The van der Waals surface area contributed by atoms with E-state index in [2.05, 4.69) is 21.2 Å². The molecule has 0 saturated carbocycles. The fourth-order valence-electron chi connectivity index (χ4n) is 2.21. The number of aliphatic carboxylic acids is 1. The van der Waals surface area contributed by atoms with Crippen LogP contribution in [0.15, 0.2) is 16.6 Å². The van der Waals surface area contributed by atoms with Gasteiger partial charge < -0.3 is 5.11 Å². The zero-order valence-corrected chi connectivity index (χ0v) is 11.7. The van der Waals surface area contributed by atoms with Crippen LogP contribution in [0.2, 0.25) is 5.02 Å². The lowest BCUT2D eigenvalue weighted by Gasteiger charge is -2.31. The Morgan fingerprint density at radius 1 is 1.65 bits per heavy atom. The highest BCUT2D eigenvalue weighted by atomic mass is 79.9. The maximum absolute atomic E-state index is 11.3. The van der Waals surface area contributed by atoms with Gasteiger partial charge in [-0.3, -0.25) is 10.1 Å². The van der Waals surface area contributed by atoms with Gasteiger partial charge in [0.15, 0.2) is 0 Å². The second-order valence-electron chi connectivity index (χ2n) is 4.17. The Hall–Kier alpha value is -0.580. The molecule has 1 aliphatic rings. The van der Waals surface area contributed by atoms with Crippen LogP contribution in [-0.2, 0) is 11.2 Å². The molecule has 0 bridgehead atoms. The molecule has 0 spiro atoms. The molecule has 1 aromatic rings. The quantitative estimate of drug-likeness (QED) is 0.880. The predicted octanol–water partition coefficient (Wildman–Crippen LogP) is 3.15. The zero-order valence-electron chi connectivity index (χ0n) is 9.34. The van der Waals surface area contributed by atoms with Crippen LogP contribution in [0.1, 0.15) is 30.5 Å². The van der Waals surface area contributed by atoms with Crippen LogP contribution in [0.4, 0.5) is 0 Å². The Morgan fingerprint density at radius 2 is 2.35 bits per heavy atom. The Bertz CT molecular complexity index is 464. The monoisotopic (exact) mass is 317 g/mol. The molecule has 0 amide bonds. The lowest BCUT2D eigenvalue weighted by Crippen LogP contribution is -2.42. The molecule has 2 rings (SSSR count). The van der Waals surface area contributed by atoms with E-state index in [1.807, 2.05) is 13.0 Å². The fourth-order valence-corrected chi connectivity index (χ4v) is 3.00. The molecule has 5 heteroatoms. The highest BCUT2D eigenvalue weighted by molar-refractivity contribution is 9.10. The molecule has 17 heavy (non-hydrogen) atoms. The largest absolute Gasteiger partial charge is 0.480 e. The van der Waals surface area contributed by atoms with Gasteiger partial charge in [-0.15, -0.1) is 0 Å². The minimum absolute atomic E-state index is 0.179. The number of carbonyl (C=O) groups is 1. The molecule has 1 aromatic carbocycles. The Kier molecular flexibility index (Phi) is 3.76. The van der Waals surface area contributed by atoms with Gasteiger partial charge >= 0.3 is 5.97 Å². The third-order valence-electron chi connectivity index (χ3n) is 3.13. The summed E-state index contributed by atoms with van der Waals surface area (Å²) >= 11 is 9.59. The van der Waals surface area contributed by atoms with Gasteiger partial charge in [-0.05, 0) is 30.5 Å². The lowest BCUT2D eigenvalue weighted by molar-refractivity contribution is -0.140. The topological polar surface area (TPSA) is 49.3 Å². The highest BCUT2D eigenvalue weighted by Gasteiger charge is 2.33. The van der Waals surface area contributed by atoms with Crippen LogP contribution < -0.4 is 5.32 Å². The summed E-state index contributed by atoms with van der Waals surface area (Å²) in [4.78, 5) is 11.3. The average molecular weight is 319 g/mol. The molecule has 1 heterocycles. The minimum Gasteiger partial charge on any atom is -0.480 e. The molecular weight excluding hydrogens is 305 g/mol. The fraction of sp³-hybridized carbons (Fsp3) is 0.417. The number of hydrogen-bond acceptors (Lipinski definition) is 2. The van der Waals surface area contributed by atoms with E-state index in [1.54, 1.807) is 6.07 Å². The van der Waals surface area contributed by atoms with Gasteiger partial charge in [0.25, 0.3) is 0 Å². The van der Waals surface area contributed by atoms with E-state index < -0.39 is 12.0 Å². The molecule has 0 fully saturated rings. The van der Waals surface area contributed by atoms with Crippen molar-refractivity contribution in [2.75, 3.05) is 0 Å². The number of halogens is 2. The van der Waals surface area contributed by atoms with Crippen molar-refractivity contribution in [3.63, 3.8) is 0 Å². The SMILES string of the molecule is CCC1Cc2c(Br)ccc(Cl)c2C(C(=O)O)N1.